The monoisotopic (exact) mass is 378 g/mol. The topological polar surface area (TPSA) is 78.4 Å². The Morgan fingerprint density at radius 2 is 2.04 bits per heavy atom. The maximum Gasteiger partial charge on any atom is 0.194 e. The van der Waals surface area contributed by atoms with Gasteiger partial charge in [0.05, 0.1) is 31.2 Å². The van der Waals surface area contributed by atoms with Crippen molar-refractivity contribution in [1.29, 1.82) is 0 Å². The largest absolute Gasteiger partial charge is 0.490 e. The zero-order valence-electron chi connectivity index (χ0n) is 16.3. The van der Waals surface area contributed by atoms with Crippen molar-refractivity contribution < 1.29 is 4.74 Å². The second-order valence-corrected chi connectivity index (χ2v) is 6.24. The fourth-order valence-corrected chi connectivity index (χ4v) is 2.72. The van der Waals surface area contributed by atoms with Crippen molar-refractivity contribution in [3.63, 3.8) is 0 Å². The van der Waals surface area contributed by atoms with E-state index in [1.54, 1.807) is 12.4 Å². The van der Waals surface area contributed by atoms with E-state index in [9.17, 15) is 0 Å². The molecule has 28 heavy (non-hydrogen) atoms. The maximum absolute atomic E-state index is 5.65. The van der Waals surface area contributed by atoms with Crippen LogP contribution >= 0.6 is 0 Å². The molecule has 0 atom stereocenters. The molecule has 3 aromatic rings. The Labute approximate surface area is 165 Å². The van der Waals surface area contributed by atoms with Gasteiger partial charge in [-0.15, -0.1) is 0 Å². The minimum atomic E-state index is 0.493. The van der Waals surface area contributed by atoms with Gasteiger partial charge < -0.3 is 19.9 Å². The van der Waals surface area contributed by atoms with Gasteiger partial charge in [-0.25, -0.2) is 9.98 Å². The Morgan fingerprint density at radius 1 is 1.18 bits per heavy atom. The van der Waals surface area contributed by atoms with Crippen molar-refractivity contribution in [2.75, 3.05) is 26.7 Å². The molecule has 0 spiro atoms. The summed E-state index contributed by atoms with van der Waals surface area (Å²) in [6.45, 7) is 4.51. The van der Waals surface area contributed by atoms with Crippen molar-refractivity contribution in [1.82, 2.24) is 25.2 Å². The van der Waals surface area contributed by atoms with Gasteiger partial charge in [-0.3, -0.25) is 4.98 Å². The minimum absolute atomic E-state index is 0.493. The van der Waals surface area contributed by atoms with Crippen LogP contribution < -0.4 is 10.1 Å². The average molecular weight is 378 g/mol. The van der Waals surface area contributed by atoms with Gasteiger partial charge in [0.2, 0.25) is 0 Å². The summed E-state index contributed by atoms with van der Waals surface area (Å²) in [7, 11) is 1.99. The molecule has 0 saturated heterocycles. The molecule has 0 unspecified atom stereocenters. The first-order valence-electron chi connectivity index (χ1n) is 9.38. The van der Waals surface area contributed by atoms with Gasteiger partial charge in [0.15, 0.2) is 5.96 Å². The molecule has 0 bridgehead atoms. The highest BCUT2D eigenvalue weighted by Crippen LogP contribution is 2.16. The van der Waals surface area contributed by atoms with E-state index >= 15 is 0 Å². The van der Waals surface area contributed by atoms with Crippen LogP contribution in [-0.2, 0) is 6.54 Å². The first kappa shape index (κ1) is 19.4. The third kappa shape index (κ3) is 5.57. The molecule has 0 radical (unpaired) electrons. The summed E-state index contributed by atoms with van der Waals surface area (Å²) in [6.07, 6.45) is 5.29. The molecule has 0 aliphatic heterocycles. The Kier molecular flexibility index (Phi) is 7.01. The minimum Gasteiger partial charge on any atom is -0.490 e. The number of aliphatic imine (C=N–C) groups is 1. The molecule has 0 saturated carbocycles. The molecule has 0 aliphatic carbocycles. The van der Waals surface area contributed by atoms with E-state index in [0.717, 1.165) is 35.3 Å². The standard InChI is InChI=1S/C21H26N6O/c1-3-23-21(24-12-13-28-18-10-7-11-22-14-18)27(2)16-20-25-15-19(26-20)17-8-5-4-6-9-17/h4-11,14-15H,3,12-13,16H2,1-2H3,(H,23,24)(H,25,26). The lowest BCUT2D eigenvalue weighted by molar-refractivity contribution is 0.326. The number of hydrogen-bond acceptors (Lipinski definition) is 4. The van der Waals surface area contributed by atoms with Crippen LogP contribution in [0.15, 0.2) is 66.0 Å². The number of nitrogens with zero attached hydrogens (tertiary/aromatic N) is 4. The predicted molar refractivity (Wildman–Crippen MR) is 111 cm³/mol. The highest BCUT2D eigenvalue weighted by atomic mass is 16.5. The van der Waals surface area contributed by atoms with Crippen LogP contribution in [0.5, 0.6) is 5.75 Å². The van der Waals surface area contributed by atoms with Gasteiger partial charge in [0.1, 0.15) is 18.2 Å². The lowest BCUT2D eigenvalue weighted by Gasteiger charge is -2.21. The Hall–Kier alpha value is -3.35. The molecule has 2 heterocycles. The highest BCUT2D eigenvalue weighted by molar-refractivity contribution is 5.79. The number of benzene rings is 1. The number of rotatable bonds is 8. The average Bonchev–Trinajstić information content (AvgIpc) is 3.20. The number of guanidine groups is 1. The number of hydrogen-bond donors (Lipinski definition) is 2. The zero-order chi connectivity index (χ0) is 19.6. The van der Waals surface area contributed by atoms with Gasteiger partial charge in [-0.05, 0) is 24.6 Å². The summed E-state index contributed by atoms with van der Waals surface area (Å²) >= 11 is 0. The zero-order valence-corrected chi connectivity index (χ0v) is 16.3. The number of ether oxygens (including phenoxy) is 1. The molecule has 0 fully saturated rings. The fourth-order valence-electron chi connectivity index (χ4n) is 2.72. The van der Waals surface area contributed by atoms with E-state index in [2.05, 4.69) is 44.3 Å². The molecule has 7 heteroatoms. The number of imidazole rings is 1. The van der Waals surface area contributed by atoms with Crippen LogP contribution in [0, 0.1) is 0 Å². The van der Waals surface area contributed by atoms with Gasteiger partial charge in [0, 0.05) is 19.8 Å². The first-order chi connectivity index (χ1) is 13.8. The molecule has 0 amide bonds. The summed E-state index contributed by atoms with van der Waals surface area (Å²) in [5, 5.41) is 3.31. The summed E-state index contributed by atoms with van der Waals surface area (Å²) in [5.74, 6) is 2.45. The molecular weight excluding hydrogens is 352 g/mol. The van der Waals surface area contributed by atoms with Gasteiger partial charge >= 0.3 is 0 Å². The second kappa shape index (κ2) is 10.1. The molecule has 146 valence electrons. The summed E-state index contributed by atoms with van der Waals surface area (Å²) in [4.78, 5) is 18.6. The third-order valence-corrected chi connectivity index (χ3v) is 4.05. The van der Waals surface area contributed by atoms with E-state index in [-0.39, 0.29) is 0 Å². The van der Waals surface area contributed by atoms with Crippen LogP contribution in [0.25, 0.3) is 11.3 Å². The van der Waals surface area contributed by atoms with Crippen LogP contribution in [0.3, 0.4) is 0 Å². The van der Waals surface area contributed by atoms with Crippen molar-refractivity contribution in [2.24, 2.45) is 4.99 Å². The lowest BCUT2D eigenvalue weighted by Crippen LogP contribution is -2.39. The van der Waals surface area contributed by atoms with E-state index in [1.807, 2.05) is 48.5 Å². The smallest absolute Gasteiger partial charge is 0.194 e. The molecule has 0 aliphatic rings. The normalized spacial score (nSPS) is 11.3. The summed E-state index contributed by atoms with van der Waals surface area (Å²) in [6, 6.07) is 13.9. The van der Waals surface area contributed by atoms with Crippen LogP contribution in [0.1, 0.15) is 12.7 Å². The van der Waals surface area contributed by atoms with Crippen LogP contribution in [-0.4, -0.2) is 52.6 Å². The van der Waals surface area contributed by atoms with Crippen LogP contribution in [0.4, 0.5) is 0 Å². The van der Waals surface area contributed by atoms with Gasteiger partial charge in [-0.1, -0.05) is 30.3 Å². The molecule has 2 aromatic heterocycles. The number of nitrogens with one attached hydrogen (secondary N) is 2. The van der Waals surface area contributed by atoms with E-state index in [0.29, 0.717) is 19.7 Å². The first-order valence-corrected chi connectivity index (χ1v) is 9.38. The van der Waals surface area contributed by atoms with Gasteiger partial charge in [-0.2, -0.15) is 0 Å². The van der Waals surface area contributed by atoms with Crippen molar-refractivity contribution in [3.8, 4) is 17.0 Å². The SMILES string of the molecule is CCNC(=NCCOc1cccnc1)N(C)Cc1ncc(-c2ccccc2)[nH]1. The summed E-state index contributed by atoms with van der Waals surface area (Å²) < 4.78 is 5.65. The molecule has 1 aromatic carbocycles. The van der Waals surface area contributed by atoms with Crippen molar-refractivity contribution in [2.45, 2.75) is 13.5 Å². The molecule has 2 N–H and O–H groups in total. The van der Waals surface area contributed by atoms with Crippen molar-refractivity contribution >= 4 is 5.96 Å². The number of pyridine rings is 1. The highest BCUT2D eigenvalue weighted by Gasteiger charge is 2.09. The Bertz CT molecular complexity index is 863. The maximum atomic E-state index is 5.65. The van der Waals surface area contributed by atoms with E-state index in [4.69, 9.17) is 4.74 Å². The number of H-pyrrole nitrogens is 1. The molecular formula is C21H26N6O. The Morgan fingerprint density at radius 3 is 2.79 bits per heavy atom. The van der Waals surface area contributed by atoms with Crippen molar-refractivity contribution in [3.05, 3.63) is 66.9 Å². The van der Waals surface area contributed by atoms with Crippen LogP contribution in [0.2, 0.25) is 0 Å². The quantitative estimate of drug-likeness (QED) is 0.358. The Balaban J connectivity index is 1.56. The third-order valence-electron chi connectivity index (χ3n) is 4.05. The predicted octanol–water partition coefficient (Wildman–Crippen LogP) is 2.95. The number of aromatic amines is 1. The summed E-state index contributed by atoms with van der Waals surface area (Å²) in [5.41, 5.74) is 2.13. The molecule has 7 nitrogen and oxygen atoms in total. The number of aromatic nitrogens is 3. The van der Waals surface area contributed by atoms with Gasteiger partial charge in [0.25, 0.3) is 0 Å². The fraction of sp³-hybridized carbons (Fsp3) is 0.286. The van der Waals surface area contributed by atoms with E-state index in [1.165, 1.54) is 0 Å². The van der Waals surface area contributed by atoms with E-state index < -0.39 is 0 Å². The lowest BCUT2D eigenvalue weighted by atomic mass is 10.2. The molecule has 3 rings (SSSR count). The second-order valence-electron chi connectivity index (χ2n) is 6.24.